The van der Waals surface area contributed by atoms with E-state index in [-0.39, 0.29) is 10.3 Å². The summed E-state index contributed by atoms with van der Waals surface area (Å²) in [5.41, 5.74) is 0.136. The van der Waals surface area contributed by atoms with E-state index in [0.29, 0.717) is 0 Å². The molecule has 0 spiro atoms. The summed E-state index contributed by atoms with van der Waals surface area (Å²) in [6.45, 7) is 8.81. The topological polar surface area (TPSA) is 9.23 Å². The maximum Gasteiger partial charge on any atom is 0.161 e. The van der Waals surface area contributed by atoms with Crippen molar-refractivity contribution in [2.45, 2.75) is 37.5 Å². The largest absolute Gasteiger partial charge is 0.475 e. The van der Waals surface area contributed by atoms with Crippen LogP contribution in [-0.4, -0.2) is 4.93 Å². The second-order valence-electron chi connectivity index (χ2n) is 4.85. The van der Waals surface area contributed by atoms with Crippen LogP contribution >= 0.6 is 11.8 Å². The van der Waals surface area contributed by atoms with Crippen LogP contribution in [0.2, 0.25) is 0 Å². The molecule has 0 aromatic heterocycles. The Hall–Kier alpha value is -0.630. The highest BCUT2D eigenvalue weighted by Gasteiger charge is 2.45. The van der Waals surface area contributed by atoms with Gasteiger partial charge in [0.1, 0.15) is 5.75 Å². The summed E-state index contributed by atoms with van der Waals surface area (Å²) in [6.07, 6.45) is 0. The van der Waals surface area contributed by atoms with Gasteiger partial charge in [0, 0.05) is 5.41 Å². The maximum absolute atomic E-state index is 6.02. The first kappa shape index (κ1) is 9.91. The zero-order chi connectivity index (χ0) is 10.4. The van der Waals surface area contributed by atoms with Crippen LogP contribution in [0, 0.1) is 5.41 Å². The van der Waals surface area contributed by atoms with E-state index in [0.717, 1.165) is 5.75 Å². The third kappa shape index (κ3) is 1.42. The van der Waals surface area contributed by atoms with Gasteiger partial charge in [-0.15, -0.1) is 0 Å². The van der Waals surface area contributed by atoms with Gasteiger partial charge in [0.05, 0.1) is 4.90 Å². The van der Waals surface area contributed by atoms with Crippen molar-refractivity contribution in [3.63, 3.8) is 0 Å². The molecule has 0 fully saturated rings. The number of ether oxygens (including phenoxy) is 1. The first-order chi connectivity index (χ1) is 6.42. The molecule has 0 radical (unpaired) electrons. The van der Waals surface area contributed by atoms with Crippen molar-refractivity contribution in [3.05, 3.63) is 24.3 Å². The average molecular weight is 208 g/mol. The lowest BCUT2D eigenvalue weighted by atomic mass is 9.89. The predicted molar refractivity (Wildman–Crippen MR) is 60.8 cm³/mol. The quantitative estimate of drug-likeness (QED) is 0.639. The SMILES string of the molecule is CC(C)(C)C1(C)Oc2ccccc2S1. The molecule has 1 aromatic carbocycles. The monoisotopic (exact) mass is 208 g/mol. The zero-order valence-electron chi connectivity index (χ0n) is 9.13. The first-order valence-corrected chi connectivity index (χ1v) is 5.71. The van der Waals surface area contributed by atoms with Crippen LogP contribution in [0.15, 0.2) is 29.2 Å². The molecule has 1 aliphatic rings. The normalized spacial score (nSPS) is 25.7. The van der Waals surface area contributed by atoms with Crippen LogP contribution in [0.3, 0.4) is 0 Å². The molecule has 76 valence electrons. The van der Waals surface area contributed by atoms with E-state index in [9.17, 15) is 0 Å². The second kappa shape index (κ2) is 2.93. The summed E-state index contributed by atoms with van der Waals surface area (Å²) in [5, 5.41) is 0. The Kier molecular flexibility index (Phi) is 2.07. The molecule has 1 unspecified atom stereocenters. The number of benzene rings is 1. The number of fused-ring (bicyclic) bond motifs is 1. The molecular weight excluding hydrogens is 192 g/mol. The Balaban J connectivity index is 2.35. The minimum absolute atomic E-state index is 0.136. The molecule has 2 heteroatoms. The van der Waals surface area contributed by atoms with Crippen molar-refractivity contribution >= 4 is 11.8 Å². The number of thioether (sulfide) groups is 1. The third-order valence-corrected chi connectivity index (χ3v) is 4.46. The molecule has 1 nitrogen and oxygen atoms in total. The van der Waals surface area contributed by atoms with Crippen molar-refractivity contribution in [1.29, 1.82) is 0 Å². The minimum Gasteiger partial charge on any atom is -0.475 e. The van der Waals surface area contributed by atoms with Crippen molar-refractivity contribution in [2.24, 2.45) is 5.41 Å². The Morgan fingerprint density at radius 1 is 1.21 bits per heavy atom. The molecule has 0 bridgehead atoms. The van der Waals surface area contributed by atoms with Crippen molar-refractivity contribution in [2.75, 3.05) is 0 Å². The van der Waals surface area contributed by atoms with Crippen LogP contribution < -0.4 is 4.74 Å². The summed E-state index contributed by atoms with van der Waals surface area (Å²) in [6, 6.07) is 8.24. The smallest absolute Gasteiger partial charge is 0.161 e. The fourth-order valence-electron chi connectivity index (χ4n) is 1.37. The van der Waals surface area contributed by atoms with E-state index in [1.807, 2.05) is 23.9 Å². The number of hydrogen-bond acceptors (Lipinski definition) is 2. The van der Waals surface area contributed by atoms with Crippen LogP contribution in [0.5, 0.6) is 5.75 Å². The van der Waals surface area contributed by atoms with Gasteiger partial charge in [-0.25, -0.2) is 0 Å². The second-order valence-corrected chi connectivity index (χ2v) is 6.27. The van der Waals surface area contributed by atoms with Gasteiger partial charge in [0.25, 0.3) is 0 Å². The van der Waals surface area contributed by atoms with Crippen LogP contribution in [0.25, 0.3) is 0 Å². The van der Waals surface area contributed by atoms with Gasteiger partial charge in [0.2, 0.25) is 0 Å². The molecule has 0 aliphatic carbocycles. The molecule has 0 N–H and O–H groups in total. The van der Waals surface area contributed by atoms with E-state index in [1.165, 1.54) is 4.90 Å². The van der Waals surface area contributed by atoms with Crippen LogP contribution in [0.4, 0.5) is 0 Å². The van der Waals surface area contributed by atoms with E-state index >= 15 is 0 Å². The lowest BCUT2D eigenvalue weighted by molar-refractivity contribution is 0.0758. The summed E-state index contributed by atoms with van der Waals surface area (Å²) in [5.74, 6) is 1.02. The average Bonchev–Trinajstić information content (AvgIpc) is 2.40. The van der Waals surface area contributed by atoms with Crippen LogP contribution in [-0.2, 0) is 0 Å². The highest BCUT2D eigenvalue weighted by molar-refractivity contribution is 8.00. The lowest BCUT2D eigenvalue weighted by Gasteiger charge is -2.36. The number of para-hydroxylation sites is 1. The Morgan fingerprint density at radius 2 is 1.86 bits per heavy atom. The predicted octanol–water partition coefficient (Wildman–Crippen LogP) is 3.93. The Bertz CT molecular complexity index is 327. The van der Waals surface area contributed by atoms with Gasteiger partial charge in [-0.05, 0) is 19.1 Å². The fourth-order valence-corrected chi connectivity index (χ4v) is 2.58. The first-order valence-electron chi connectivity index (χ1n) is 4.89. The zero-order valence-corrected chi connectivity index (χ0v) is 9.94. The molecule has 1 heterocycles. The van der Waals surface area contributed by atoms with Gasteiger partial charge >= 0.3 is 0 Å². The van der Waals surface area contributed by atoms with Gasteiger partial charge in [-0.3, -0.25) is 0 Å². The van der Waals surface area contributed by atoms with Gasteiger partial charge in [-0.1, -0.05) is 44.7 Å². The standard InChI is InChI=1S/C12H16OS/c1-11(2,3)12(4)13-9-7-5-6-8-10(9)14-12/h5-8H,1-4H3. The Morgan fingerprint density at radius 3 is 2.43 bits per heavy atom. The molecule has 0 saturated carbocycles. The maximum atomic E-state index is 6.02. The highest BCUT2D eigenvalue weighted by Crippen LogP contribution is 2.54. The van der Waals surface area contributed by atoms with Crippen molar-refractivity contribution < 1.29 is 4.74 Å². The molecule has 0 saturated heterocycles. The van der Waals surface area contributed by atoms with Crippen molar-refractivity contribution in [1.82, 2.24) is 0 Å². The summed E-state index contributed by atoms with van der Waals surface area (Å²) in [7, 11) is 0. The minimum atomic E-state index is -0.142. The van der Waals surface area contributed by atoms with Crippen molar-refractivity contribution in [3.8, 4) is 5.75 Å². The molecule has 1 aliphatic heterocycles. The fraction of sp³-hybridized carbons (Fsp3) is 0.500. The van der Waals surface area contributed by atoms with Gasteiger partial charge < -0.3 is 4.74 Å². The molecule has 0 amide bonds. The summed E-state index contributed by atoms with van der Waals surface area (Å²) < 4.78 is 6.02. The molecule has 1 atom stereocenters. The van der Waals surface area contributed by atoms with E-state index in [4.69, 9.17) is 4.74 Å². The number of hydrogen-bond donors (Lipinski definition) is 0. The molecule has 14 heavy (non-hydrogen) atoms. The van der Waals surface area contributed by atoms with E-state index in [1.54, 1.807) is 0 Å². The third-order valence-electron chi connectivity index (χ3n) is 2.82. The Labute approximate surface area is 89.9 Å². The highest BCUT2D eigenvalue weighted by atomic mass is 32.2. The van der Waals surface area contributed by atoms with E-state index < -0.39 is 0 Å². The lowest BCUT2D eigenvalue weighted by Crippen LogP contribution is -2.39. The van der Waals surface area contributed by atoms with Crippen LogP contribution in [0.1, 0.15) is 27.7 Å². The van der Waals surface area contributed by atoms with E-state index in [2.05, 4.69) is 39.8 Å². The molecule has 1 aromatic rings. The summed E-state index contributed by atoms with van der Waals surface area (Å²) in [4.78, 5) is 1.11. The molecule has 2 rings (SSSR count). The molecular formula is C12H16OS. The van der Waals surface area contributed by atoms with Gasteiger partial charge in [0.15, 0.2) is 4.93 Å². The summed E-state index contributed by atoms with van der Waals surface area (Å²) >= 11 is 1.82. The van der Waals surface area contributed by atoms with Gasteiger partial charge in [-0.2, -0.15) is 0 Å². The number of rotatable bonds is 0.